The molecule has 0 fully saturated rings. The number of nitrogens with zero attached hydrogens (tertiary/aromatic N) is 1. The molecule has 0 radical (unpaired) electrons. The summed E-state index contributed by atoms with van der Waals surface area (Å²) >= 11 is 0. The molecule has 9 nitrogen and oxygen atoms in total. The van der Waals surface area contributed by atoms with Crippen LogP contribution in [0.1, 0.15) is 39.2 Å². The van der Waals surface area contributed by atoms with Crippen molar-refractivity contribution in [3.8, 4) is 11.5 Å². The van der Waals surface area contributed by atoms with Crippen molar-refractivity contribution in [2.45, 2.75) is 13.0 Å². The van der Waals surface area contributed by atoms with Gasteiger partial charge in [-0.2, -0.15) is 5.90 Å². The Labute approximate surface area is 207 Å². The van der Waals surface area contributed by atoms with E-state index in [1.807, 2.05) is 0 Å². The van der Waals surface area contributed by atoms with E-state index in [0.29, 0.717) is 28.1 Å². The SMILES string of the molecule is CCOC(=O)c1ccc(N2C(=O)C(O)=C(C(=O)c3ccccc3)C2c2ccc(ON)cc2OC)cc1. The third-order valence-electron chi connectivity index (χ3n) is 5.78. The fourth-order valence-electron chi connectivity index (χ4n) is 4.11. The van der Waals surface area contributed by atoms with E-state index < -0.39 is 29.5 Å². The molecular weight excluding hydrogens is 464 g/mol. The first-order valence-corrected chi connectivity index (χ1v) is 11.1. The van der Waals surface area contributed by atoms with Crippen molar-refractivity contribution in [2.75, 3.05) is 18.6 Å². The fourth-order valence-corrected chi connectivity index (χ4v) is 4.11. The van der Waals surface area contributed by atoms with Crippen LogP contribution in [0, 0.1) is 0 Å². The first kappa shape index (κ1) is 24.5. The summed E-state index contributed by atoms with van der Waals surface area (Å²) in [6, 6.07) is 18.1. The fraction of sp³-hybridized carbons (Fsp3) is 0.148. The maximum atomic E-state index is 13.6. The van der Waals surface area contributed by atoms with Crippen LogP contribution in [0.3, 0.4) is 0 Å². The number of aliphatic hydroxyl groups excluding tert-OH is 1. The number of hydrogen-bond donors (Lipinski definition) is 2. The van der Waals surface area contributed by atoms with Gasteiger partial charge in [-0.15, -0.1) is 0 Å². The van der Waals surface area contributed by atoms with E-state index in [0.717, 1.165) is 0 Å². The molecular formula is C27H24N2O7. The number of benzene rings is 3. The number of ether oxygens (including phenoxy) is 2. The Hall–Kier alpha value is -4.63. The smallest absolute Gasteiger partial charge is 0.338 e. The quantitative estimate of drug-likeness (QED) is 0.278. The standard InChI is InChI=1S/C27H24N2O7/c1-3-35-27(33)17-9-11-18(12-10-17)29-23(20-14-13-19(36-28)15-21(20)34-2)22(25(31)26(29)32)24(30)16-7-5-4-6-8-16/h4-15,23,31H,3,28H2,1-2H3. The van der Waals surface area contributed by atoms with Crippen LogP contribution in [0.5, 0.6) is 11.5 Å². The molecule has 0 aromatic heterocycles. The summed E-state index contributed by atoms with van der Waals surface area (Å²) in [6.45, 7) is 1.92. The number of methoxy groups -OCH3 is 1. The summed E-state index contributed by atoms with van der Waals surface area (Å²) < 4.78 is 10.5. The van der Waals surface area contributed by atoms with Gasteiger partial charge in [0.05, 0.1) is 30.9 Å². The minimum atomic E-state index is -1.04. The van der Waals surface area contributed by atoms with Gasteiger partial charge < -0.3 is 19.4 Å². The molecule has 1 amide bonds. The van der Waals surface area contributed by atoms with Gasteiger partial charge in [-0.3, -0.25) is 14.5 Å². The number of aliphatic hydroxyl groups is 1. The average Bonchev–Trinajstić information content (AvgIpc) is 3.18. The summed E-state index contributed by atoms with van der Waals surface area (Å²) in [5.41, 5.74) is 1.26. The molecule has 4 rings (SSSR count). The number of rotatable bonds is 8. The molecule has 0 spiro atoms. The molecule has 3 N–H and O–H groups in total. The average molecular weight is 488 g/mol. The van der Waals surface area contributed by atoms with Crippen LogP contribution in [0.15, 0.2) is 84.1 Å². The van der Waals surface area contributed by atoms with E-state index in [1.165, 1.54) is 30.2 Å². The van der Waals surface area contributed by atoms with Crippen LogP contribution in [0.25, 0.3) is 0 Å². The first-order chi connectivity index (χ1) is 17.4. The molecule has 36 heavy (non-hydrogen) atoms. The summed E-state index contributed by atoms with van der Waals surface area (Å²) in [5.74, 6) is 3.41. The number of ketones is 1. The predicted molar refractivity (Wildman–Crippen MR) is 131 cm³/mol. The number of anilines is 1. The van der Waals surface area contributed by atoms with Crippen molar-refractivity contribution in [1.29, 1.82) is 0 Å². The predicted octanol–water partition coefficient (Wildman–Crippen LogP) is 3.91. The first-order valence-electron chi connectivity index (χ1n) is 11.1. The lowest BCUT2D eigenvalue weighted by molar-refractivity contribution is -0.117. The van der Waals surface area contributed by atoms with Gasteiger partial charge in [0, 0.05) is 22.9 Å². The van der Waals surface area contributed by atoms with Gasteiger partial charge in [-0.05, 0) is 43.3 Å². The van der Waals surface area contributed by atoms with E-state index in [1.54, 1.807) is 61.5 Å². The molecule has 0 aliphatic carbocycles. The second-order valence-electron chi connectivity index (χ2n) is 7.82. The molecule has 1 atom stereocenters. The minimum absolute atomic E-state index is 0.111. The number of Topliss-reactive ketones (excluding diaryl/α,β-unsaturated/α-hetero) is 1. The lowest BCUT2D eigenvalue weighted by Gasteiger charge is -2.28. The molecule has 3 aromatic rings. The van der Waals surface area contributed by atoms with Crippen molar-refractivity contribution in [2.24, 2.45) is 5.90 Å². The number of hydrogen-bond acceptors (Lipinski definition) is 8. The van der Waals surface area contributed by atoms with Crippen molar-refractivity contribution >= 4 is 23.3 Å². The second kappa shape index (κ2) is 10.3. The van der Waals surface area contributed by atoms with Crippen LogP contribution in [0.2, 0.25) is 0 Å². The van der Waals surface area contributed by atoms with Crippen molar-refractivity contribution in [3.05, 3.63) is 101 Å². The largest absolute Gasteiger partial charge is 0.503 e. The van der Waals surface area contributed by atoms with E-state index in [4.69, 9.17) is 20.2 Å². The van der Waals surface area contributed by atoms with Gasteiger partial charge in [0.1, 0.15) is 5.75 Å². The molecule has 0 saturated heterocycles. The van der Waals surface area contributed by atoms with Gasteiger partial charge >= 0.3 is 5.97 Å². The molecule has 9 heteroatoms. The van der Waals surface area contributed by atoms with Crippen LogP contribution < -0.4 is 20.4 Å². The van der Waals surface area contributed by atoms with Gasteiger partial charge in [0.15, 0.2) is 17.3 Å². The van der Waals surface area contributed by atoms with Crippen LogP contribution in [-0.2, 0) is 9.53 Å². The van der Waals surface area contributed by atoms with Gasteiger partial charge in [-0.1, -0.05) is 30.3 Å². The molecule has 1 aliphatic rings. The highest BCUT2D eigenvalue weighted by Crippen LogP contribution is 2.45. The summed E-state index contributed by atoms with van der Waals surface area (Å²) in [6.07, 6.45) is 0. The van der Waals surface area contributed by atoms with E-state index >= 15 is 0 Å². The van der Waals surface area contributed by atoms with Crippen LogP contribution in [0.4, 0.5) is 5.69 Å². The number of carbonyl (C=O) groups excluding carboxylic acids is 3. The lowest BCUT2D eigenvalue weighted by Crippen LogP contribution is -2.31. The summed E-state index contributed by atoms with van der Waals surface area (Å²) in [7, 11) is 1.43. The Morgan fingerprint density at radius 2 is 1.69 bits per heavy atom. The third kappa shape index (κ3) is 4.39. The molecule has 0 saturated carbocycles. The van der Waals surface area contributed by atoms with Gasteiger partial charge in [0.25, 0.3) is 5.91 Å². The maximum Gasteiger partial charge on any atom is 0.338 e. The van der Waals surface area contributed by atoms with Gasteiger partial charge in [-0.25, -0.2) is 4.79 Å². The normalized spacial score (nSPS) is 15.1. The number of amides is 1. The highest BCUT2D eigenvalue weighted by molar-refractivity contribution is 6.21. The van der Waals surface area contributed by atoms with Gasteiger partial charge in [0.2, 0.25) is 0 Å². The minimum Gasteiger partial charge on any atom is -0.503 e. The summed E-state index contributed by atoms with van der Waals surface area (Å²) in [4.78, 5) is 45.1. The summed E-state index contributed by atoms with van der Waals surface area (Å²) in [5, 5.41) is 10.9. The Morgan fingerprint density at radius 3 is 2.31 bits per heavy atom. The molecule has 1 aliphatic heterocycles. The molecule has 184 valence electrons. The van der Waals surface area contributed by atoms with E-state index in [-0.39, 0.29) is 17.9 Å². The highest BCUT2D eigenvalue weighted by atomic mass is 16.6. The Balaban J connectivity index is 1.86. The number of carbonyl (C=O) groups is 3. The lowest BCUT2D eigenvalue weighted by atomic mass is 9.92. The number of esters is 1. The zero-order valence-electron chi connectivity index (χ0n) is 19.6. The maximum absolute atomic E-state index is 13.6. The van der Waals surface area contributed by atoms with Crippen molar-refractivity contribution < 1.29 is 33.8 Å². The molecule has 1 heterocycles. The topological polar surface area (TPSA) is 128 Å². The number of nitrogens with two attached hydrogens (primary N) is 1. The van der Waals surface area contributed by atoms with Crippen molar-refractivity contribution in [1.82, 2.24) is 0 Å². The Bertz CT molecular complexity index is 1330. The van der Waals surface area contributed by atoms with Crippen molar-refractivity contribution in [3.63, 3.8) is 0 Å². The van der Waals surface area contributed by atoms with E-state index in [2.05, 4.69) is 0 Å². The highest BCUT2D eigenvalue weighted by Gasteiger charge is 2.45. The van der Waals surface area contributed by atoms with Crippen LogP contribution in [-0.4, -0.2) is 36.5 Å². The molecule has 3 aromatic carbocycles. The zero-order chi connectivity index (χ0) is 25.8. The molecule has 0 bridgehead atoms. The second-order valence-corrected chi connectivity index (χ2v) is 7.82. The van der Waals surface area contributed by atoms with Crippen LogP contribution >= 0.6 is 0 Å². The monoisotopic (exact) mass is 488 g/mol. The zero-order valence-corrected chi connectivity index (χ0v) is 19.6. The Kier molecular flexibility index (Phi) is 7.03. The van der Waals surface area contributed by atoms with E-state index in [9.17, 15) is 19.5 Å². The molecule has 1 unspecified atom stereocenters. The Morgan fingerprint density at radius 1 is 1.00 bits per heavy atom. The third-order valence-corrected chi connectivity index (χ3v) is 5.78.